The van der Waals surface area contributed by atoms with Gasteiger partial charge in [-0.15, -0.1) is 0 Å². The van der Waals surface area contributed by atoms with E-state index in [0.29, 0.717) is 5.56 Å². The van der Waals surface area contributed by atoms with Crippen LogP contribution in [-0.4, -0.2) is 17.1 Å². The van der Waals surface area contributed by atoms with Crippen molar-refractivity contribution < 1.29 is 18.7 Å². The molecule has 5 heteroatoms. The molecule has 0 radical (unpaired) electrons. The second-order valence-electron chi connectivity index (χ2n) is 3.19. The molecular formula is C10H11F2NO2. The van der Waals surface area contributed by atoms with Crippen LogP contribution in [0.4, 0.5) is 8.78 Å². The first-order valence-electron chi connectivity index (χ1n) is 4.36. The summed E-state index contributed by atoms with van der Waals surface area (Å²) in [6, 6.07) is 4.55. The molecule has 0 amide bonds. The minimum Gasteiger partial charge on any atom is -0.480 e. The molecule has 0 aromatic heterocycles. The molecule has 0 fully saturated rings. The summed E-state index contributed by atoms with van der Waals surface area (Å²) < 4.78 is 24.6. The Labute approximate surface area is 85.5 Å². The number of alkyl halides is 2. The van der Waals surface area contributed by atoms with Gasteiger partial charge in [-0.25, -0.2) is 8.78 Å². The summed E-state index contributed by atoms with van der Waals surface area (Å²) in [5, 5.41) is 8.55. The van der Waals surface area contributed by atoms with Crippen molar-refractivity contribution in [3.8, 4) is 0 Å². The van der Waals surface area contributed by atoms with Gasteiger partial charge in [-0.1, -0.05) is 24.3 Å². The van der Waals surface area contributed by atoms with Gasteiger partial charge >= 0.3 is 5.97 Å². The number of hydrogen-bond acceptors (Lipinski definition) is 2. The molecule has 3 N–H and O–H groups in total. The largest absolute Gasteiger partial charge is 0.480 e. The summed E-state index contributed by atoms with van der Waals surface area (Å²) in [4.78, 5) is 10.4. The standard InChI is InChI=1S/C10H11F2NO2/c11-9(12)7-3-1-2-6(4-7)5-8(13)10(14)15/h1-4,8-9H,5,13H2,(H,14,15)/t8-/m1/s1. The van der Waals surface area contributed by atoms with Crippen molar-refractivity contribution in [2.45, 2.75) is 18.9 Å². The van der Waals surface area contributed by atoms with E-state index in [4.69, 9.17) is 10.8 Å². The van der Waals surface area contributed by atoms with Crippen LogP contribution in [0.15, 0.2) is 24.3 Å². The van der Waals surface area contributed by atoms with Gasteiger partial charge in [0, 0.05) is 5.56 Å². The first-order valence-corrected chi connectivity index (χ1v) is 4.36. The summed E-state index contributed by atoms with van der Waals surface area (Å²) in [5.41, 5.74) is 5.67. The Hall–Kier alpha value is -1.49. The summed E-state index contributed by atoms with van der Waals surface area (Å²) in [7, 11) is 0. The first kappa shape index (κ1) is 11.6. The van der Waals surface area contributed by atoms with E-state index >= 15 is 0 Å². The predicted molar refractivity (Wildman–Crippen MR) is 50.7 cm³/mol. The number of carbonyl (C=O) groups is 1. The molecule has 1 aromatic rings. The quantitative estimate of drug-likeness (QED) is 0.801. The van der Waals surface area contributed by atoms with Crippen molar-refractivity contribution in [2.75, 3.05) is 0 Å². The van der Waals surface area contributed by atoms with Crippen LogP contribution in [0, 0.1) is 0 Å². The average Bonchev–Trinajstić information content (AvgIpc) is 2.18. The number of halogens is 2. The summed E-state index contributed by atoms with van der Waals surface area (Å²) in [5.74, 6) is -1.14. The highest BCUT2D eigenvalue weighted by atomic mass is 19.3. The number of benzene rings is 1. The second kappa shape index (κ2) is 4.84. The van der Waals surface area contributed by atoms with Crippen molar-refractivity contribution >= 4 is 5.97 Å². The zero-order chi connectivity index (χ0) is 11.4. The van der Waals surface area contributed by atoms with Crippen LogP contribution >= 0.6 is 0 Å². The molecule has 0 unspecified atom stereocenters. The molecular weight excluding hydrogens is 204 g/mol. The fourth-order valence-electron chi connectivity index (χ4n) is 1.20. The lowest BCUT2D eigenvalue weighted by Crippen LogP contribution is -2.32. The Balaban J connectivity index is 2.78. The van der Waals surface area contributed by atoms with Gasteiger partial charge in [0.15, 0.2) is 0 Å². The summed E-state index contributed by atoms with van der Waals surface area (Å²) in [6.45, 7) is 0. The molecule has 1 rings (SSSR count). The van der Waals surface area contributed by atoms with Crippen molar-refractivity contribution in [1.29, 1.82) is 0 Å². The minimum atomic E-state index is -2.55. The van der Waals surface area contributed by atoms with Crippen LogP contribution in [0.3, 0.4) is 0 Å². The van der Waals surface area contributed by atoms with E-state index in [1.165, 1.54) is 18.2 Å². The van der Waals surface area contributed by atoms with Crippen molar-refractivity contribution in [3.63, 3.8) is 0 Å². The fraction of sp³-hybridized carbons (Fsp3) is 0.300. The van der Waals surface area contributed by atoms with Crippen molar-refractivity contribution in [3.05, 3.63) is 35.4 Å². The highest BCUT2D eigenvalue weighted by Gasteiger charge is 2.13. The minimum absolute atomic E-state index is 0.0515. The van der Waals surface area contributed by atoms with E-state index in [2.05, 4.69) is 0 Å². The third-order valence-electron chi connectivity index (χ3n) is 1.98. The van der Waals surface area contributed by atoms with E-state index in [0.717, 1.165) is 0 Å². The number of carboxylic acids is 1. The Kier molecular flexibility index (Phi) is 3.74. The van der Waals surface area contributed by atoms with Crippen LogP contribution in [0.25, 0.3) is 0 Å². The van der Waals surface area contributed by atoms with Gasteiger partial charge in [0.05, 0.1) is 0 Å². The molecule has 0 spiro atoms. The topological polar surface area (TPSA) is 63.3 Å². The Morgan fingerprint density at radius 2 is 2.13 bits per heavy atom. The smallest absolute Gasteiger partial charge is 0.320 e. The summed E-state index contributed by atoms with van der Waals surface area (Å²) in [6.07, 6.45) is -2.50. The average molecular weight is 215 g/mol. The molecule has 0 aliphatic heterocycles. The predicted octanol–water partition coefficient (Wildman–Crippen LogP) is 1.58. The molecule has 0 aliphatic carbocycles. The molecule has 82 valence electrons. The van der Waals surface area contributed by atoms with E-state index in [9.17, 15) is 13.6 Å². The third kappa shape index (κ3) is 3.28. The lowest BCUT2D eigenvalue weighted by Gasteiger charge is -2.07. The van der Waals surface area contributed by atoms with E-state index in [1.54, 1.807) is 6.07 Å². The number of carboxylic acid groups (broad SMARTS) is 1. The van der Waals surface area contributed by atoms with Gasteiger partial charge in [0.1, 0.15) is 6.04 Å². The van der Waals surface area contributed by atoms with Gasteiger partial charge < -0.3 is 10.8 Å². The highest BCUT2D eigenvalue weighted by molar-refractivity contribution is 5.73. The highest BCUT2D eigenvalue weighted by Crippen LogP contribution is 2.19. The molecule has 0 aliphatic rings. The normalized spacial score (nSPS) is 12.8. The number of hydrogen-bond donors (Lipinski definition) is 2. The maximum Gasteiger partial charge on any atom is 0.320 e. The molecule has 15 heavy (non-hydrogen) atoms. The van der Waals surface area contributed by atoms with E-state index in [1.807, 2.05) is 0 Å². The van der Waals surface area contributed by atoms with Gasteiger partial charge in [-0.05, 0) is 12.0 Å². The number of rotatable bonds is 4. The third-order valence-corrected chi connectivity index (χ3v) is 1.98. The molecule has 0 saturated heterocycles. The SMILES string of the molecule is N[C@H](Cc1cccc(C(F)F)c1)C(=O)O. The molecule has 3 nitrogen and oxygen atoms in total. The van der Waals surface area contributed by atoms with E-state index in [-0.39, 0.29) is 12.0 Å². The van der Waals surface area contributed by atoms with Gasteiger partial charge in [0.25, 0.3) is 6.43 Å². The number of nitrogens with two attached hydrogens (primary N) is 1. The van der Waals surface area contributed by atoms with Crippen LogP contribution in [0.5, 0.6) is 0 Å². The van der Waals surface area contributed by atoms with Crippen molar-refractivity contribution in [2.24, 2.45) is 5.73 Å². The Bertz CT molecular complexity index is 355. The Morgan fingerprint density at radius 1 is 1.47 bits per heavy atom. The van der Waals surface area contributed by atoms with Crippen LogP contribution in [0.2, 0.25) is 0 Å². The van der Waals surface area contributed by atoms with Crippen LogP contribution < -0.4 is 5.73 Å². The molecule has 0 bridgehead atoms. The fourth-order valence-corrected chi connectivity index (χ4v) is 1.20. The Morgan fingerprint density at radius 3 is 2.67 bits per heavy atom. The van der Waals surface area contributed by atoms with Gasteiger partial charge in [-0.3, -0.25) is 4.79 Å². The molecule has 1 aromatic carbocycles. The van der Waals surface area contributed by atoms with Crippen molar-refractivity contribution in [1.82, 2.24) is 0 Å². The van der Waals surface area contributed by atoms with Crippen LogP contribution in [-0.2, 0) is 11.2 Å². The second-order valence-corrected chi connectivity index (χ2v) is 3.19. The maximum absolute atomic E-state index is 12.3. The first-order chi connectivity index (χ1) is 7.00. The monoisotopic (exact) mass is 215 g/mol. The lowest BCUT2D eigenvalue weighted by molar-refractivity contribution is -0.138. The zero-order valence-corrected chi connectivity index (χ0v) is 7.86. The molecule has 0 heterocycles. The summed E-state index contributed by atoms with van der Waals surface area (Å²) >= 11 is 0. The van der Waals surface area contributed by atoms with Gasteiger partial charge in [0.2, 0.25) is 0 Å². The van der Waals surface area contributed by atoms with Crippen LogP contribution in [0.1, 0.15) is 17.6 Å². The van der Waals surface area contributed by atoms with Gasteiger partial charge in [-0.2, -0.15) is 0 Å². The molecule has 1 atom stereocenters. The lowest BCUT2D eigenvalue weighted by atomic mass is 10.0. The molecule has 0 saturated carbocycles. The maximum atomic E-state index is 12.3. The van der Waals surface area contributed by atoms with E-state index < -0.39 is 18.4 Å². The number of aliphatic carboxylic acids is 1. The zero-order valence-electron chi connectivity index (χ0n) is 7.86.